The van der Waals surface area contributed by atoms with Crippen LogP contribution in [0.1, 0.15) is 52.9 Å². The summed E-state index contributed by atoms with van der Waals surface area (Å²) < 4.78 is 1.94. The quantitative estimate of drug-likeness (QED) is 0.631. The van der Waals surface area contributed by atoms with Crippen molar-refractivity contribution in [3.05, 3.63) is 12.7 Å². The van der Waals surface area contributed by atoms with Gasteiger partial charge in [0.25, 0.3) is 0 Å². The van der Waals surface area contributed by atoms with Crippen LogP contribution < -0.4 is 0 Å². The zero-order chi connectivity index (χ0) is 11.8. The molecule has 92 valence electrons. The predicted octanol–water partition coefficient (Wildman–Crippen LogP) is 3.52. The summed E-state index contributed by atoms with van der Waals surface area (Å²) in [5.41, 5.74) is 0. The van der Waals surface area contributed by atoms with Gasteiger partial charge in [-0.05, 0) is 11.8 Å². The lowest BCUT2D eigenvalue weighted by atomic mass is 9.90. The molecule has 0 fully saturated rings. The Morgan fingerprint density at radius 1 is 1.12 bits per heavy atom. The molecule has 2 unspecified atom stereocenters. The van der Waals surface area contributed by atoms with Gasteiger partial charge in [-0.1, -0.05) is 52.9 Å². The summed E-state index contributed by atoms with van der Waals surface area (Å²) in [6.45, 7) is 7.92. The van der Waals surface area contributed by atoms with Gasteiger partial charge in [-0.15, -0.1) is 0 Å². The number of hydrogen-bond donors (Lipinski definition) is 0. The van der Waals surface area contributed by atoms with Gasteiger partial charge in [-0.25, -0.2) is 4.98 Å². The van der Waals surface area contributed by atoms with Gasteiger partial charge < -0.3 is 0 Å². The van der Waals surface area contributed by atoms with E-state index in [4.69, 9.17) is 0 Å². The normalized spacial score (nSPS) is 14.9. The average Bonchev–Trinajstić information content (AvgIpc) is 2.76. The Hall–Kier alpha value is -0.860. The minimum atomic E-state index is 0.684. The molecule has 16 heavy (non-hydrogen) atoms. The number of unbranched alkanes of at least 4 members (excludes halogenated alkanes) is 3. The van der Waals surface area contributed by atoms with Gasteiger partial charge in [0.15, 0.2) is 0 Å². The second-order valence-corrected chi connectivity index (χ2v) is 4.92. The van der Waals surface area contributed by atoms with Crippen LogP contribution in [0.3, 0.4) is 0 Å². The van der Waals surface area contributed by atoms with Crippen LogP contribution in [0.2, 0.25) is 0 Å². The molecule has 0 aromatic carbocycles. The first-order valence-electron chi connectivity index (χ1n) is 6.56. The van der Waals surface area contributed by atoms with E-state index in [2.05, 4.69) is 30.9 Å². The van der Waals surface area contributed by atoms with Crippen LogP contribution >= 0.6 is 0 Å². The lowest BCUT2D eigenvalue weighted by Crippen LogP contribution is -2.15. The maximum atomic E-state index is 4.15. The first-order valence-corrected chi connectivity index (χ1v) is 6.56. The van der Waals surface area contributed by atoms with Crippen molar-refractivity contribution < 1.29 is 0 Å². The topological polar surface area (TPSA) is 30.7 Å². The molecule has 2 atom stereocenters. The highest BCUT2D eigenvalue weighted by atomic mass is 15.3. The minimum Gasteiger partial charge on any atom is -0.253 e. The van der Waals surface area contributed by atoms with Crippen molar-refractivity contribution in [1.82, 2.24) is 14.8 Å². The molecule has 3 heteroatoms. The number of hydrogen-bond acceptors (Lipinski definition) is 2. The summed E-state index contributed by atoms with van der Waals surface area (Å²) >= 11 is 0. The van der Waals surface area contributed by atoms with Gasteiger partial charge in [-0.3, -0.25) is 4.68 Å². The SMILES string of the molecule is CCCCCCC(C)C(C)Cn1cncn1. The van der Waals surface area contributed by atoms with Crippen molar-refractivity contribution in [3.63, 3.8) is 0 Å². The molecule has 0 spiro atoms. The second kappa shape index (κ2) is 7.42. The molecule has 0 aliphatic carbocycles. The first kappa shape index (κ1) is 13.2. The monoisotopic (exact) mass is 223 g/mol. The highest BCUT2D eigenvalue weighted by Gasteiger charge is 2.12. The summed E-state index contributed by atoms with van der Waals surface area (Å²) in [6, 6.07) is 0. The predicted molar refractivity (Wildman–Crippen MR) is 67.1 cm³/mol. The van der Waals surface area contributed by atoms with E-state index in [1.165, 1.54) is 32.1 Å². The molecule has 0 aliphatic heterocycles. The van der Waals surface area contributed by atoms with Crippen LogP contribution in [0.5, 0.6) is 0 Å². The van der Waals surface area contributed by atoms with Crippen molar-refractivity contribution in [2.24, 2.45) is 11.8 Å². The Balaban J connectivity index is 2.17. The van der Waals surface area contributed by atoms with Crippen molar-refractivity contribution in [2.75, 3.05) is 0 Å². The molecule has 1 heterocycles. The van der Waals surface area contributed by atoms with E-state index in [1.807, 2.05) is 4.68 Å². The molecule has 0 radical (unpaired) electrons. The van der Waals surface area contributed by atoms with Crippen LogP contribution in [-0.4, -0.2) is 14.8 Å². The molecule has 0 amide bonds. The van der Waals surface area contributed by atoms with Crippen molar-refractivity contribution >= 4 is 0 Å². The van der Waals surface area contributed by atoms with Crippen molar-refractivity contribution in [1.29, 1.82) is 0 Å². The highest BCUT2D eigenvalue weighted by molar-refractivity contribution is 4.65. The molecular weight excluding hydrogens is 198 g/mol. The Morgan fingerprint density at radius 3 is 2.56 bits per heavy atom. The van der Waals surface area contributed by atoms with Gasteiger partial charge >= 0.3 is 0 Å². The lowest BCUT2D eigenvalue weighted by molar-refractivity contribution is 0.303. The maximum absolute atomic E-state index is 4.15. The Morgan fingerprint density at radius 2 is 1.94 bits per heavy atom. The lowest BCUT2D eigenvalue weighted by Gasteiger charge is -2.19. The summed E-state index contributed by atoms with van der Waals surface area (Å²) in [6.07, 6.45) is 10.2. The summed E-state index contributed by atoms with van der Waals surface area (Å²) in [5, 5.41) is 4.15. The molecule has 0 N–H and O–H groups in total. The summed E-state index contributed by atoms with van der Waals surface area (Å²) in [4.78, 5) is 3.97. The Bertz CT molecular complexity index is 256. The number of aromatic nitrogens is 3. The molecule has 0 aliphatic rings. The minimum absolute atomic E-state index is 0.684. The van der Waals surface area contributed by atoms with E-state index in [-0.39, 0.29) is 0 Å². The van der Waals surface area contributed by atoms with Crippen molar-refractivity contribution in [3.8, 4) is 0 Å². The zero-order valence-electron chi connectivity index (χ0n) is 10.9. The molecule has 1 rings (SSSR count). The molecule has 1 aromatic rings. The van der Waals surface area contributed by atoms with Crippen LogP contribution in [0.4, 0.5) is 0 Å². The molecule has 0 saturated carbocycles. The third-order valence-electron chi connectivity index (χ3n) is 3.43. The Kier molecular flexibility index (Phi) is 6.12. The molecule has 0 bridgehead atoms. The summed E-state index contributed by atoms with van der Waals surface area (Å²) in [5.74, 6) is 1.46. The second-order valence-electron chi connectivity index (χ2n) is 4.92. The fourth-order valence-corrected chi connectivity index (χ4v) is 1.98. The van der Waals surface area contributed by atoms with Crippen LogP contribution in [0, 0.1) is 11.8 Å². The van der Waals surface area contributed by atoms with Gasteiger partial charge in [0.05, 0.1) is 0 Å². The molecule has 1 aromatic heterocycles. The molecule has 3 nitrogen and oxygen atoms in total. The van der Waals surface area contributed by atoms with Crippen LogP contribution in [-0.2, 0) is 6.54 Å². The fraction of sp³-hybridized carbons (Fsp3) is 0.846. The van der Waals surface area contributed by atoms with Gasteiger partial charge in [-0.2, -0.15) is 5.10 Å². The van der Waals surface area contributed by atoms with Gasteiger partial charge in [0.2, 0.25) is 0 Å². The average molecular weight is 223 g/mol. The molecule has 0 saturated heterocycles. The van der Waals surface area contributed by atoms with Crippen LogP contribution in [0.15, 0.2) is 12.7 Å². The van der Waals surface area contributed by atoms with Crippen molar-refractivity contribution in [2.45, 2.75) is 59.4 Å². The van der Waals surface area contributed by atoms with E-state index in [9.17, 15) is 0 Å². The van der Waals surface area contributed by atoms with E-state index in [0.29, 0.717) is 5.92 Å². The first-order chi connectivity index (χ1) is 7.74. The van der Waals surface area contributed by atoms with Crippen LogP contribution in [0.25, 0.3) is 0 Å². The standard InChI is InChI=1S/C13H25N3/c1-4-5-6-7-8-12(2)13(3)9-16-11-14-10-15-16/h10-13H,4-9H2,1-3H3. The molecular formula is C13H25N3. The largest absolute Gasteiger partial charge is 0.253 e. The van der Waals surface area contributed by atoms with E-state index < -0.39 is 0 Å². The van der Waals surface area contributed by atoms with E-state index in [0.717, 1.165) is 12.5 Å². The number of rotatable bonds is 8. The zero-order valence-corrected chi connectivity index (χ0v) is 10.9. The maximum Gasteiger partial charge on any atom is 0.137 e. The fourth-order valence-electron chi connectivity index (χ4n) is 1.98. The highest BCUT2D eigenvalue weighted by Crippen LogP contribution is 2.20. The third kappa shape index (κ3) is 4.77. The third-order valence-corrected chi connectivity index (χ3v) is 3.43. The number of nitrogens with zero attached hydrogens (tertiary/aromatic N) is 3. The van der Waals surface area contributed by atoms with E-state index >= 15 is 0 Å². The van der Waals surface area contributed by atoms with Gasteiger partial charge in [0.1, 0.15) is 12.7 Å². The van der Waals surface area contributed by atoms with Gasteiger partial charge in [0, 0.05) is 6.54 Å². The summed E-state index contributed by atoms with van der Waals surface area (Å²) in [7, 11) is 0. The smallest absolute Gasteiger partial charge is 0.137 e. The van der Waals surface area contributed by atoms with E-state index in [1.54, 1.807) is 12.7 Å². The Labute approximate surface area is 99.3 Å².